The lowest BCUT2D eigenvalue weighted by molar-refractivity contribution is -0.131. The van der Waals surface area contributed by atoms with Crippen LogP contribution in [0, 0.1) is 0 Å². The Hall–Kier alpha value is -1.96. The van der Waals surface area contributed by atoms with E-state index in [1.165, 1.54) is 50.4 Å². The van der Waals surface area contributed by atoms with Gasteiger partial charge in [-0.3, -0.25) is 9.52 Å². The second-order valence-corrected chi connectivity index (χ2v) is 7.13. The molecule has 0 unspecified atom stereocenters. The maximum Gasteiger partial charge on any atom is 0.308 e. The summed E-state index contributed by atoms with van der Waals surface area (Å²) in [4.78, 5) is 11.0. The van der Waals surface area contributed by atoms with E-state index >= 15 is 0 Å². The third-order valence-corrected chi connectivity index (χ3v) is 4.95. The summed E-state index contributed by atoms with van der Waals surface area (Å²) in [7, 11) is -2.64. The molecule has 0 aliphatic carbocycles. The zero-order chi connectivity index (χ0) is 17.9. The van der Waals surface area contributed by atoms with E-state index in [1.54, 1.807) is 0 Å². The molecule has 24 heavy (non-hydrogen) atoms. The third-order valence-electron chi connectivity index (χ3n) is 2.87. The molecule has 0 heterocycles. The van der Waals surface area contributed by atoms with E-state index in [9.17, 15) is 13.2 Å². The highest BCUT2D eigenvalue weighted by Crippen LogP contribution is 2.33. The van der Waals surface area contributed by atoms with Gasteiger partial charge in [0.1, 0.15) is 10.6 Å². The quantitative estimate of drug-likeness (QED) is 0.622. The van der Waals surface area contributed by atoms with Gasteiger partial charge in [0.25, 0.3) is 10.0 Å². The van der Waals surface area contributed by atoms with Gasteiger partial charge in [0, 0.05) is 18.0 Å². The van der Waals surface area contributed by atoms with Crippen molar-refractivity contribution in [2.24, 2.45) is 0 Å². The Morgan fingerprint density at radius 1 is 1.12 bits per heavy atom. The molecule has 0 radical (unpaired) electrons. The average molecular weight is 390 g/mol. The Labute approximate surface area is 149 Å². The van der Waals surface area contributed by atoms with Crippen LogP contribution in [0.1, 0.15) is 6.92 Å². The van der Waals surface area contributed by atoms with Crippen LogP contribution in [0.2, 0.25) is 10.0 Å². The van der Waals surface area contributed by atoms with Gasteiger partial charge in [-0.15, -0.1) is 0 Å². The molecule has 2 aromatic carbocycles. The number of esters is 1. The summed E-state index contributed by atoms with van der Waals surface area (Å²) in [5.74, 6) is -0.188. The number of anilines is 1. The Morgan fingerprint density at radius 2 is 1.83 bits per heavy atom. The number of hydrogen-bond acceptors (Lipinski definition) is 5. The van der Waals surface area contributed by atoms with Gasteiger partial charge in [0.2, 0.25) is 0 Å². The lowest BCUT2D eigenvalue weighted by Crippen LogP contribution is -2.15. The molecule has 6 nitrogen and oxygen atoms in total. The second kappa shape index (κ2) is 7.29. The lowest BCUT2D eigenvalue weighted by Gasteiger charge is -2.14. The van der Waals surface area contributed by atoms with Gasteiger partial charge in [-0.2, -0.15) is 0 Å². The molecule has 128 valence electrons. The molecular weight excluding hydrogens is 377 g/mol. The van der Waals surface area contributed by atoms with Crippen molar-refractivity contribution in [3.05, 3.63) is 46.4 Å². The van der Waals surface area contributed by atoms with Crippen molar-refractivity contribution in [3.63, 3.8) is 0 Å². The summed E-state index contributed by atoms with van der Waals surface area (Å²) in [5.41, 5.74) is 0.0283. The molecule has 1 N–H and O–H groups in total. The molecule has 0 saturated heterocycles. The second-order valence-electron chi connectivity index (χ2n) is 4.64. The summed E-state index contributed by atoms with van der Waals surface area (Å²) in [6.45, 7) is 1.20. The number of hydrogen-bond donors (Lipinski definition) is 1. The fourth-order valence-electron chi connectivity index (χ4n) is 1.84. The molecule has 0 saturated carbocycles. The standard InChI is InChI=1S/C15H13Cl2NO5S/c1-9(19)23-14-6-4-11(22-2)8-13(14)18-24(20,21)15-7-10(16)3-5-12(15)17/h3-8,18H,1-2H3. The van der Waals surface area contributed by atoms with Crippen LogP contribution >= 0.6 is 23.2 Å². The molecule has 0 bridgehead atoms. The molecular formula is C15H13Cl2NO5S. The monoisotopic (exact) mass is 389 g/mol. The molecule has 9 heteroatoms. The third kappa shape index (κ3) is 4.31. The van der Waals surface area contributed by atoms with E-state index in [0.29, 0.717) is 5.75 Å². The number of halogens is 2. The van der Waals surface area contributed by atoms with E-state index in [2.05, 4.69) is 4.72 Å². The first kappa shape index (κ1) is 18.4. The maximum atomic E-state index is 12.6. The van der Waals surface area contributed by atoms with Crippen molar-refractivity contribution < 1.29 is 22.7 Å². The zero-order valence-corrected chi connectivity index (χ0v) is 15.0. The fraction of sp³-hybridized carbons (Fsp3) is 0.133. The Kier molecular flexibility index (Phi) is 5.58. The van der Waals surface area contributed by atoms with Crippen LogP contribution in [-0.4, -0.2) is 21.5 Å². The normalized spacial score (nSPS) is 11.0. The number of carbonyl (C=O) groups is 1. The topological polar surface area (TPSA) is 81.7 Å². The molecule has 0 aliphatic rings. The van der Waals surface area contributed by atoms with Crippen LogP contribution in [-0.2, 0) is 14.8 Å². The first-order chi connectivity index (χ1) is 11.2. The summed E-state index contributed by atoms with van der Waals surface area (Å²) in [5, 5.41) is 0.217. The van der Waals surface area contributed by atoms with E-state index in [-0.39, 0.29) is 26.4 Å². The van der Waals surface area contributed by atoms with Crippen molar-refractivity contribution in [3.8, 4) is 11.5 Å². The van der Waals surface area contributed by atoms with Crippen molar-refractivity contribution >= 4 is 44.9 Å². The number of sulfonamides is 1. The van der Waals surface area contributed by atoms with Crippen molar-refractivity contribution in [1.29, 1.82) is 0 Å². The minimum absolute atomic E-state index is 0.00355. The molecule has 0 aromatic heterocycles. The predicted octanol–water partition coefficient (Wildman–Crippen LogP) is 3.73. The Bertz CT molecular complexity index is 883. The molecule has 2 rings (SSSR count). The minimum atomic E-state index is -4.06. The van der Waals surface area contributed by atoms with Crippen molar-refractivity contribution in [2.75, 3.05) is 11.8 Å². The first-order valence-corrected chi connectivity index (χ1v) is 8.81. The van der Waals surface area contributed by atoms with Gasteiger partial charge < -0.3 is 9.47 Å². The molecule has 0 amide bonds. The molecule has 0 spiro atoms. The summed E-state index contributed by atoms with van der Waals surface area (Å²) >= 11 is 11.8. The number of carbonyl (C=O) groups excluding carboxylic acids is 1. The molecule has 0 aliphatic heterocycles. The van der Waals surface area contributed by atoms with Crippen LogP contribution in [0.15, 0.2) is 41.3 Å². The number of nitrogens with one attached hydrogen (secondary N) is 1. The van der Waals surface area contributed by atoms with E-state index in [4.69, 9.17) is 32.7 Å². The van der Waals surface area contributed by atoms with Gasteiger partial charge in [0.05, 0.1) is 17.8 Å². The number of rotatable bonds is 5. The van der Waals surface area contributed by atoms with Gasteiger partial charge in [-0.1, -0.05) is 23.2 Å². The smallest absolute Gasteiger partial charge is 0.308 e. The Morgan fingerprint density at radius 3 is 2.46 bits per heavy atom. The first-order valence-electron chi connectivity index (χ1n) is 6.57. The fourth-order valence-corrected chi connectivity index (χ4v) is 3.67. The number of methoxy groups -OCH3 is 1. The molecule has 0 atom stereocenters. The predicted molar refractivity (Wildman–Crippen MR) is 91.6 cm³/mol. The largest absolute Gasteiger partial charge is 0.497 e. The lowest BCUT2D eigenvalue weighted by atomic mass is 10.3. The average Bonchev–Trinajstić information content (AvgIpc) is 2.50. The van der Waals surface area contributed by atoms with E-state index in [0.717, 1.165) is 0 Å². The zero-order valence-electron chi connectivity index (χ0n) is 12.7. The van der Waals surface area contributed by atoms with Gasteiger partial charge in [0.15, 0.2) is 5.75 Å². The maximum absolute atomic E-state index is 12.6. The highest BCUT2D eigenvalue weighted by atomic mass is 35.5. The Balaban J connectivity index is 2.48. The van der Waals surface area contributed by atoms with Crippen LogP contribution in [0.4, 0.5) is 5.69 Å². The van der Waals surface area contributed by atoms with Gasteiger partial charge in [-0.25, -0.2) is 8.42 Å². The van der Waals surface area contributed by atoms with Crippen LogP contribution < -0.4 is 14.2 Å². The summed E-state index contributed by atoms with van der Waals surface area (Å²) in [6, 6.07) is 8.39. The minimum Gasteiger partial charge on any atom is -0.497 e. The summed E-state index contributed by atoms with van der Waals surface area (Å²) in [6.07, 6.45) is 0. The number of benzene rings is 2. The SMILES string of the molecule is COc1ccc(OC(C)=O)c(NS(=O)(=O)c2cc(Cl)ccc2Cl)c1. The van der Waals surface area contributed by atoms with E-state index in [1.807, 2.05) is 0 Å². The molecule has 0 fully saturated rings. The van der Waals surface area contributed by atoms with Crippen LogP contribution in [0.25, 0.3) is 0 Å². The number of ether oxygens (including phenoxy) is 2. The highest BCUT2D eigenvalue weighted by molar-refractivity contribution is 7.92. The van der Waals surface area contributed by atoms with Crippen molar-refractivity contribution in [2.45, 2.75) is 11.8 Å². The molecule has 2 aromatic rings. The van der Waals surface area contributed by atoms with Crippen LogP contribution in [0.3, 0.4) is 0 Å². The van der Waals surface area contributed by atoms with Crippen LogP contribution in [0.5, 0.6) is 11.5 Å². The van der Waals surface area contributed by atoms with Gasteiger partial charge >= 0.3 is 5.97 Å². The van der Waals surface area contributed by atoms with E-state index < -0.39 is 16.0 Å². The highest BCUT2D eigenvalue weighted by Gasteiger charge is 2.21. The van der Waals surface area contributed by atoms with Gasteiger partial charge in [-0.05, 0) is 30.3 Å². The summed E-state index contributed by atoms with van der Waals surface area (Å²) < 4.78 is 37.5. The van der Waals surface area contributed by atoms with Crippen molar-refractivity contribution in [1.82, 2.24) is 0 Å².